The van der Waals surface area contributed by atoms with Crippen LogP contribution in [-0.4, -0.2) is 38.6 Å². The van der Waals surface area contributed by atoms with Crippen molar-refractivity contribution in [1.29, 1.82) is 0 Å². The van der Waals surface area contributed by atoms with Gasteiger partial charge in [-0.1, -0.05) is 93.6 Å². The highest BCUT2D eigenvalue weighted by Gasteiger charge is 2.39. The van der Waals surface area contributed by atoms with Crippen LogP contribution in [0, 0.1) is 0 Å². The lowest BCUT2D eigenvalue weighted by molar-refractivity contribution is 0.105. The fraction of sp³-hybridized carbons (Fsp3) is 0.360. The Morgan fingerprint density at radius 2 is 1.61 bits per heavy atom. The summed E-state index contributed by atoms with van der Waals surface area (Å²) in [5.74, 6) is 0. The van der Waals surface area contributed by atoms with Crippen LogP contribution in [0.25, 0.3) is 6.08 Å². The lowest BCUT2D eigenvalue weighted by Gasteiger charge is -2.33. The van der Waals surface area contributed by atoms with Gasteiger partial charge < -0.3 is 9.26 Å². The average Bonchev–Trinajstić information content (AvgIpc) is 2.74. The molecule has 0 bridgehead atoms. The molecule has 0 atom stereocenters. The maximum absolute atomic E-state index is 12.7. The van der Waals surface area contributed by atoms with E-state index >= 15 is 0 Å². The number of ether oxygens (including phenoxy) is 1. The molecule has 0 radical (unpaired) electrons. The number of nitrogens with zero attached hydrogens (tertiary/aromatic N) is 2. The molecule has 1 amide bonds. The Morgan fingerprint density at radius 3 is 2.23 bits per heavy atom. The van der Waals surface area contributed by atoms with E-state index < -0.39 is 8.32 Å². The van der Waals surface area contributed by atoms with Crippen molar-refractivity contribution in [2.75, 3.05) is 13.1 Å². The summed E-state index contributed by atoms with van der Waals surface area (Å²) in [4.78, 5) is 14.3. The summed E-state index contributed by atoms with van der Waals surface area (Å²) >= 11 is 0. The van der Waals surface area contributed by atoms with Gasteiger partial charge in [-0.3, -0.25) is 4.90 Å². The molecule has 0 unspecified atom stereocenters. The van der Waals surface area contributed by atoms with Gasteiger partial charge in [0.2, 0.25) is 0 Å². The van der Waals surface area contributed by atoms with Gasteiger partial charge >= 0.3 is 6.09 Å². The Hall–Kier alpha value is -2.86. The van der Waals surface area contributed by atoms with Gasteiger partial charge in [-0.15, -0.1) is 5.16 Å². The normalized spacial score (nSPS) is 12.3. The second-order valence-corrected chi connectivity index (χ2v) is 13.6. The molecule has 0 aliphatic heterocycles. The van der Waals surface area contributed by atoms with Crippen molar-refractivity contribution in [1.82, 2.24) is 4.90 Å². The number of hydrogen-bond donors (Lipinski definition) is 0. The number of carbonyl (C=O) groups excluding carboxylic acids is 1. The molecule has 0 N–H and O–H groups in total. The van der Waals surface area contributed by atoms with Crippen LogP contribution < -0.4 is 0 Å². The highest BCUT2D eigenvalue weighted by Crippen LogP contribution is 2.36. The van der Waals surface area contributed by atoms with Gasteiger partial charge in [-0.25, -0.2) is 4.79 Å². The SMILES string of the molecule is CC(C)(C)[Si](C)(C)O/N=C/CN(C/C=C\c1ccccc1)C(=O)OCc1ccccc1. The zero-order chi connectivity index (χ0) is 22.7. The molecular formula is C25H34N2O3Si. The first-order valence-corrected chi connectivity index (χ1v) is 13.5. The lowest BCUT2D eigenvalue weighted by Crippen LogP contribution is -2.39. The fourth-order valence-corrected chi connectivity index (χ4v) is 2.96. The molecule has 31 heavy (non-hydrogen) atoms. The number of oxime groups is 1. The summed E-state index contributed by atoms with van der Waals surface area (Å²) in [5, 5.41) is 4.25. The van der Waals surface area contributed by atoms with Crippen LogP contribution >= 0.6 is 0 Å². The molecule has 2 aromatic rings. The first kappa shape index (κ1) is 24.4. The highest BCUT2D eigenvalue weighted by atomic mass is 28.4. The number of hydrogen-bond acceptors (Lipinski definition) is 4. The van der Waals surface area contributed by atoms with E-state index in [1.54, 1.807) is 11.1 Å². The van der Waals surface area contributed by atoms with E-state index in [2.05, 4.69) is 39.0 Å². The van der Waals surface area contributed by atoms with Gasteiger partial charge in [0.15, 0.2) is 0 Å². The third-order valence-corrected chi connectivity index (χ3v) is 9.54. The summed E-state index contributed by atoms with van der Waals surface area (Å²) in [6.07, 6.45) is 5.18. The molecule has 0 spiro atoms. The lowest BCUT2D eigenvalue weighted by atomic mass is 10.2. The van der Waals surface area contributed by atoms with Crippen molar-refractivity contribution < 1.29 is 14.1 Å². The third-order valence-electron chi connectivity index (χ3n) is 5.36. The van der Waals surface area contributed by atoms with Crippen LogP contribution in [0.5, 0.6) is 0 Å². The smallest absolute Gasteiger partial charge is 0.410 e. The van der Waals surface area contributed by atoms with Crippen LogP contribution in [-0.2, 0) is 15.9 Å². The van der Waals surface area contributed by atoms with Gasteiger partial charge in [0.1, 0.15) is 6.61 Å². The first-order chi connectivity index (χ1) is 14.7. The van der Waals surface area contributed by atoms with E-state index in [4.69, 9.17) is 9.26 Å². The number of rotatable bonds is 9. The minimum Gasteiger partial charge on any atom is -0.455 e. The molecule has 2 rings (SSSR count). The summed E-state index contributed by atoms with van der Waals surface area (Å²) in [7, 11) is -1.98. The minimum absolute atomic E-state index is 0.0665. The zero-order valence-electron chi connectivity index (χ0n) is 19.2. The molecule has 166 valence electrons. The van der Waals surface area contributed by atoms with Crippen molar-refractivity contribution in [2.45, 2.75) is 45.5 Å². The molecule has 0 fully saturated rings. The predicted molar refractivity (Wildman–Crippen MR) is 130 cm³/mol. The Kier molecular flexibility index (Phi) is 9.06. The molecule has 0 saturated heterocycles. The Bertz CT molecular complexity index is 859. The van der Waals surface area contributed by atoms with Gasteiger partial charge in [0, 0.05) is 6.54 Å². The Balaban J connectivity index is 1.99. The maximum atomic E-state index is 12.7. The van der Waals surface area contributed by atoms with Crippen molar-refractivity contribution in [2.24, 2.45) is 5.16 Å². The quantitative estimate of drug-likeness (QED) is 0.260. The van der Waals surface area contributed by atoms with Crippen molar-refractivity contribution in [3.63, 3.8) is 0 Å². The number of amides is 1. The van der Waals surface area contributed by atoms with Crippen LogP contribution in [0.15, 0.2) is 71.9 Å². The van der Waals surface area contributed by atoms with E-state index in [1.165, 1.54) is 0 Å². The zero-order valence-corrected chi connectivity index (χ0v) is 20.2. The van der Waals surface area contributed by atoms with Crippen LogP contribution in [0.4, 0.5) is 4.79 Å². The molecule has 0 aliphatic carbocycles. The predicted octanol–water partition coefficient (Wildman–Crippen LogP) is 6.35. The third kappa shape index (κ3) is 8.42. The second kappa shape index (κ2) is 11.5. The van der Waals surface area contributed by atoms with E-state index in [-0.39, 0.29) is 17.7 Å². The largest absolute Gasteiger partial charge is 0.455 e. The standard InChI is InChI=1S/C25H34N2O3Si/c1-25(2,3)31(4,5)30-26-18-20-27(19-12-17-22-13-8-6-9-14-22)24(28)29-21-23-15-10-7-11-16-23/h6-18H,19-21H2,1-5H3/b17-12-,26-18+. The first-order valence-electron chi connectivity index (χ1n) is 10.6. The highest BCUT2D eigenvalue weighted by molar-refractivity contribution is 6.74. The van der Waals surface area contributed by atoms with Crippen LogP contribution in [0.3, 0.4) is 0 Å². The summed E-state index contributed by atoms with van der Waals surface area (Å²) in [6.45, 7) is 11.7. The number of benzene rings is 2. The topological polar surface area (TPSA) is 51.1 Å². The van der Waals surface area contributed by atoms with Gasteiger partial charge in [0.25, 0.3) is 8.32 Å². The van der Waals surface area contributed by atoms with Crippen molar-refractivity contribution in [3.8, 4) is 0 Å². The van der Waals surface area contributed by atoms with Crippen LogP contribution in [0.1, 0.15) is 31.9 Å². The van der Waals surface area contributed by atoms with E-state index in [0.29, 0.717) is 13.1 Å². The number of carbonyl (C=O) groups is 1. The maximum Gasteiger partial charge on any atom is 0.410 e. The molecule has 2 aromatic carbocycles. The second-order valence-electron chi connectivity index (χ2n) is 8.90. The van der Waals surface area contributed by atoms with E-state index in [1.807, 2.05) is 72.8 Å². The molecule has 5 nitrogen and oxygen atoms in total. The van der Waals surface area contributed by atoms with Crippen molar-refractivity contribution in [3.05, 3.63) is 77.9 Å². The molecule has 0 aromatic heterocycles. The average molecular weight is 439 g/mol. The van der Waals surface area contributed by atoms with Gasteiger partial charge in [-0.05, 0) is 29.3 Å². The summed E-state index contributed by atoms with van der Waals surface area (Å²) in [5.41, 5.74) is 2.03. The monoisotopic (exact) mass is 438 g/mol. The Morgan fingerprint density at radius 1 is 1.00 bits per heavy atom. The summed E-state index contributed by atoms with van der Waals surface area (Å²) in [6, 6.07) is 19.6. The molecule has 0 heterocycles. The molecule has 0 saturated carbocycles. The molecular weight excluding hydrogens is 404 g/mol. The van der Waals surface area contributed by atoms with Crippen LogP contribution in [0.2, 0.25) is 18.1 Å². The van der Waals surface area contributed by atoms with E-state index in [0.717, 1.165) is 11.1 Å². The molecule has 6 heteroatoms. The van der Waals surface area contributed by atoms with Gasteiger partial charge in [0.05, 0.1) is 12.8 Å². The Labute approximate surface area is 187 Å². The van der Waals surface area contributed by atoms with Crippen molar-refractivity contribution >= 4 is 26.7 Å². The fourth-order valence-electron chi connectivity index (χ4n) is 2.35. The molecule has 0 aliphatic rings. The summed E-state index contributed by atoms with van der Waals surface area (Å²) < 4.78 is 11.3. The van der Waals surface area contributed by atoms with Gasteiger partial charge in [-0.2, -0.15) is 0 Å². The van der Waals surface area contributed by atoms with E-state index in [9.17, 15) is 4.79 Å². The minimum atomic E-state index is -1.98.